The molecule has 0 atom stereocenters. The molecule has 0 aromatic carbocycles. The van der Waals surface area contributed by atoms with E-state index in [9.17, 15) is 18.3 Å². The van der Waals surface area contributed by atoms with Crippen LogP contribution in [0.2, 0.25) is 0 Å². The lowest BCUT2D eigenvalue weighted by Crippen LogP contribution is -2.45. The first kappa shape index (κ1) is 14.5. The largest absolute Gasteiger partial charge is 0.452 e. The van der Waals surface area contributed by atoms with Crippen LogP contribution in [-0.2, 0) is 10.9 Å². The summed E-state index contributed by atoms with van der Waals surface area (Å²) in [6.07, 6.45) is -3.62. The summed E-state index contributed by atoms with van der Waals surface area (Å²) in [7, 11) is 1.59. The molecule has 2 rings (SSSR count). The predicted molar refractivity (Wildman–Crippen MR) is 63.2 cm³/mol. The average molecular weight is 297 g/mol. The number of halogens is 3. The summed E-state index contributed by atoms with van der Waals surface area (Å²) in [5.41, 5.74) is -0.947. The molecule has 0 aliphatic carbocycles. The molecule has 0 amide bonds. The number of aliphatic hydroxyl groups is 1. The Morgan fingerprint density at radius 3 is 2.58 bits per heavy atom. The summed E-state index contributed by atoms with van der Waals surface area (Å²) in [6, 6.07) is 0. The highest BCUT2D eigenvalue weighted by molar-refractivity contribution is 7.09. The maximum atomic E-state index is 12.4. The van der Waals surface area contributed by atoms with Crippen LogP contribution in [0.15, 0.2) is 0 Å². The molecule has 2 heterocycles. The highest BCUT2D eigenvalue weighted by Crippen LogP contribution is 2.31. The molecule has 108 valence electrons. The number of hydrogen-bond donors (Lipinski definition) is 1. The van der Waals surface area contributed by atoms with Crippen LogP contribution in [0.5, 0.6) is 0 Å². The number of hydrogen-bond acceptors (Lipinski definition) is 6. The molecule has 1 aromatic heterocycles. The Morgan fingerprint density at radius 2 is 2.05 bits per heavy atom. The van der Waals surface area contributed by atoms with Gasteiger partial charge in [-0.25, -0.2) is 0 Å². The fourth-order valence-electron chi connectivity index (χ4n) is 1.90. The van der Waals surface area contributed by atoms with E-state index < -0.39 is 17.6 Å². The van der Waals surface area contributed by atoms with Gasteiger partial charge in [0.2, 0.25) is 11.0 Å². The summed E-state index contributed by atoms with van der Waals surface area (Å²) in [4.78, 5) is 4.94. The molecular formula is C10H14F3N3O2S. The van der Waals surface area contributed by atoms with E-state index in [2.05, 4.69) is 9.36 Å². The average Bonchev–Trinajstić information content (AvgIpc) is 2.78. The van der Waals surface area contributed by atoms with Gasteiger partial charge in [-0.3, -0.25) is 0 Å². The molecule has 1 saturated heterocycles. The predicted octanol–water partition coefficient (Wildman–Crippen LogP) is 1.53. The second-order valence-electron chi connectivity index (χ2n) is 4.59. The summed E-state index contributed by atoms with van der Waals surface area (Å²) < 4.78 is 45.6. The van der Waals surface area contributed by atoms with Crippen LogP contribution in [0.3, 0.4) is 0 Å². The number of anilines is 1. The third-order valence-electron chi connectivity index (χ3n) is 2.95. The third kappa shape index (κ3) is 3.54. The van der Waals surface area contributed by atoms with Gasteiger partial charge in [-0.05, 0) is 0 Å². The number of likely N-dealkylation sites (N-methyl/N-ethyl adjacent to an activating group) is 1. The van der Waals surface area contributed by atoms with Gasteiger partial charge in [0.25, 0.3) is 0 Å². The number of rotatable bonds is 3. The van der Waals surface area contributed by atoms with Gasteiger partial charge in [0, 0.05) is 51.2 Å². The van der Waals surface area contributed by atoms with Crippen LogP contribution in [0.25, 0.3) is 0 Å². The molecular weight excluding hydrogens is 283 g/mol. The van der Waals surface area contributed by atoms with Crippen LogP contribution < -0.4 is 4.90 Å². The summed E-state index contributed by atoms with van der Waals surface area (Å²) in [5.74, 6) is -1.14. The molecule has 9 heteroatoms. The van der Waals surface area contributed by atoms with Gasteiger partial charge in [-0.2, -0.15) is 22.5 Å². The zero-order valence-electron chi connectivity index (χ0n) is 10.3. The molecule has 1 aliphatic heterocycles. The molecule has 0 spiro atoms. The standard InChI is InChI=1S/C10H14F3N3O2S/c1-16(6-9(17)2-4-18-5-3-9)8-14-7(15-19-8)10(11,12)13/h17H,2-6H2,1H3. The van der Waals surface area contributed by atoms with Crippen molar-refractivity contribution in [2.75, 3.05) is 31.7 Å². The minimum absolute atomic E-state index is 0.146. The molecule has 1 aromatic rings. The topological polar surface area (TPSA) is 58.5 Å². The van der Waals surface area contributed by atoms with Crippen molar-refractivity contribution >= 4 is 16.7 Å². The van der Waals surface area contributed by atoms with Crippen molar-refractivity contribution in [1.82, 2.24) is 9.36 Å². The van der Waals surface area contributed by atoms with Crippen LogP contribution in [0.1, 0.15) is 18.7 Å². The zero-order chi connectivity index (χ0) is 14.1. The van der Waals surface area contributed by atoms with Crippen LogP contribution >= 0.6 is 11.5 Å². The quantitative estimate of drug-likeness (QED) is 0.917. The van der Waals surface area contributed by atoms with Gasteiger partial charge in [0.15, 0.2) is 0 Å². The van der Waals surface area contributed by atoms with Gasteiger partial charge in [0.05, 0.1) is 5.60 Å². The second-order valence-corrected chi connectivity index (χ2v) is 5.32. The van der Waals surface area contributed by atoms with E-state index in [-0.39, 0.29) is 11.7 Å². The first-order valence-electron chi connectivity index (χ1n) is 5.72. The van der Waals surface area contributed by atoms with E-state index in [1.165, 1.54) is 4.90 Å². The maximum Gasteiger partial charge on any atom is 0.452 e. The van der Waals surface area contributed by atoms with Crippen LogP contribution in [0.4, 0.5) is 18.3 Å². The number of nitrogens with zero attached hydrogens (tertiary/aromatic N) is 3. The Hall–Kier alpha value is -0.930. The minimum atomic E-state index is -4.54. The van der Waals surface area contributed by atoms with E-state index in [0.29, 0.717) is 37.6 Å². The van der Waals surface area contributed by atoms with Gasteiger partial charge in [0.1, 0.15) is 0 Å². The molecule has 1 aliphatic rings. The van der Waals surface area contributed by atoms with Crippen molar-refractivity contribution in [3.8, 4) is 0 Å². The molecule has 0 saturated carbocycles. The molecule has 0 bridgehead atoms. The van der Waals surface area contributed by atoms with Crippen molar-refractivity contribution in [3.63, 3.8) is 0 Å². The first-order chi connectivity index (χ1) is 8.80. The molecule has 19 heavy (non-hydrogen) atoms. The van der Waals surface area contributed by atoms with Gasteiger partial charge in [-0.15, -0.1) is 0 Å². The van der Waals surface area contributed by atoms with E-state index in [0.717, 1.165) is 0 Å². The Kier molecular flexibility index (Phi) is 3.98. The summed E-state index contributed by atoms with van der Waals surface area (Å²) >= 11 is 0.674. The van der Waals surface area contributed by atoms with E-state index in [1.807, 2.05) is 0 Å². The monoisotopic (exact) mass is 297 g/mol. The van der Waals surface area contributed by atoms with Crippen molar-refractivity contribution in [3.05, 3.63) is 5.82 Å². The van der Waals surface area contributed by atoms with Crippen molar-refractivity contribution in [1.29, 1.82) is 0 Å². The lowest BCUT2D eigenvalue weighted by atomic mass is 9.94. The summed E-state index contributed by atoms with van der Waals surface area (Å²) in [6.45, 7) is 1.12. The van der Waals surface area contributed by atoms with Crippen molar-refractivity contribution in [2.45, 2.75) is 24.6 Å². The number of alkyl halides is 3. The second kappa shape index (κ2) is 5.22. The Bertz CT molecular complexity index is 432. The number of aromatic nitrogens is 2. The molecule has 1 fully saturated rings. The Labute approximate surface area is 112 Å². The minimum Gasteiger partial charge on any atom is -0.388 e. The van der Waals surface area contributed by atoms with Crippen LogP contribution in [0, 0.1) is 0 Å². The van der Waals surface area contributed by atoms with Crippen LogP contribution in [-0.4, -0.2) is 46.9 Å². The fourth-order valence-corrected chi connectivity index (χ4v) is 2.55. The fraction of sp³-hybridized carbons (Fsp3) is 0.800. The lowest BCUT2D eigenvalue weighted by Gasteiger charge is -2.35. The zero-order valence-corrected chi connectivity index (χ0v) is 11.1. The van der Waals surface area contributed by atoms with E-state index in [4.69, 9.17) is 4.74 Å². The van der Waals surface area contributed by atoms with E-state index in [1.54, 1.807) is 7.05 Å². The smallest absolute Gasteiger partial charge is 0.388 e. The normalized spacial score (nSPS) is 19.4. The van der Waals surface area contributed by atoms with Crippen molar-refractivity contribution in [2.24, 2.45) is 0 Å². The van der Waals surface area contributed by atoms with Gasteiger partial charge < -0.3 is 14.7 Å². The van der Waals surface area contributed by atoms with Gasteiger partial charge in [-0.1, -0.05) is 0 Å². The van der Waals surface area contributed by atoms with Crippen molar-refractivity contribution < 1.29 is 23.0 Å². The Morgan fingerprint density at radius 1 is 1.42 bits per heavy atom. The van der Waals surface area contributed by atoms with Gasteiger partial charge >= 0.3 is 6.18 Å². The molecule has 0 unspecified atom stereocenters. The summed E-state index contributed by atoms with van der Waals surface area (Å²) in [5, 5.41) is 10.4. The molecule has 0 radical (unpaired) electrons. The SMILES string of the molecule is CN(CC1(O)CCOCC1)c1nc(C(F)(F)F)ns1. The molecule has 5 nitrogen and oxygen atoms in total. The first-order valence-corrected chi connectivity index (χ1v) is 6.50. The van der Waals surface area contributed by atoms with E-state index >= 15 is 0 Å². The number of ether oxygens (including phenoxy) is 1. The molecule has 1 N–H and O–H groups in total. The maximum absolute atomic E-state index is 12.4. The third-order valence-corrected chi connectivity index (χ3v) is 3.78. The highest BCUT2D eigenvalue weighted by atomic mass is 32.1. The Balaban J connectivity index is 2.03. The highest BCUT2D eigenvalue weighted by Gasteiger charge is 2.37. The lowest BCUT2D eigenvalue weighted by molar-refractivity contribution is -0.144.